The third-order valence-electron chi connectivity index (χ3n) is 3.79. The second kappa shape index (κ2) is 6.06. The largest absolute Gasteiger partial charge is 0.449 e. The van der Waals surface area contributed by atoms with Crippen molar-refractivity contribution in [1.29, 1.82) is 0 Å². The molecular formula is C16H12N2O8. The molecule has 10 nitrogen and oxygen atoms in total. The van der Waals surface area contributed by atoms with Gasteiger partial charge in [0, 0.05) is 0 Å². The summed E-state index contributed by atoms with van der Waals surface area (Å²) in [5, 5.41) is -0.912. The van der Waals surface area contributed by atoms with Crippen LogP contribution >= 0.6 is 0 Å². The minimum Gasteiger partial charge on any atom is -0.449 e. The zero-order chi connectivity index (χ0) is 19.2. The van der Waals surface area contributed by atoms with Crippen LogP contribution in [-0.2, 0) is 9.47 Å². The van der Waals surface area contributed by atoms with Crippen LogP contribution in [0.2, 0.25) is 0 Å². The van der Waals surface area contributed by atoms with Crippen LogP contribution in [0.3, 0.4) is 0 Å². The van der Waals surface area contributed by atoms with Crippen LogP contribution in [0.5, 0.6) is 0 Å². The summed E-state index contributed by atoms with van der Waals surface area (Å²) in [6, 6.07) is 2.03. The zero-order valence-electron chi connectivity index (χ0n) is 13.7. The molecule has 26 heavy (non-hydrogen) atoms. The standard InChI is InChI=1S/C16H12N2O8/c1-3-25-15(23)17-11(19)7-5-9-10(6-8(7)12(17)20)14(22)18(13(9)21)16(24)26-4-2/h5-6H,3-4H2,1-2H3. The number of aromatic nitrogens is 2. The van der Waals surface area contributed by atoms with Crippen molar-refractivity contribution >= 4 is 33.7 Å². The van der Waals surface area contributed by atoms with E-state index in [-0.39, 0.29) is 34.8 Å². The molecule has 0 radical (unpaired) electrons. The fourth-order valence-electron chi connectivity index (χ4n) is 2.68. The van der Waals surface area contributed by atoms with Gasteiger partial charge in [-0.15, -0.1) is 0 Å². The number of hydrogen-bond acceptors (Lipinski definition) is 8. The first-order valence-electron chi connectivity index (χ1n) is 7.62. The van der Waals surface area contributed by atoms with Gasteiger partial charge in [-0.2, -0.15) is 9.13 Å². The van der Waals surface area contributed by atoms with E-state index in [9.17, 15) is 28.8 Å². The Bertz CT molecular complexity index is 1100. The Labute approximate surface area is 143 Å². The molecule has 0 aliphatic rings. The molecule has 0 saturated carbocycles. The molecule has 2 aromatic heterocycles. The number of hydrogen-bond donors (Lipinski definition) is 0. The SMILES string of the molecule is CCOC(=O)n1c(=O)c2cc3c(=O)n(C(=O)OCC)c(=O)c3cc2c1=O. The van der Waals surface area contributed by atoms with Crippen LogP contribution in [0.15, 0.2) is 31.3 Å². The van der Waals surface area contributed by atoms with Gasteiger partial charge in [-0.05, 0) is 26.0 Å². The maximum absolute atomic E-state index is 12.3. The molecule has 0 saturated heterocycles. The highest BCUT2D eigenvalue weighted by molar-refractivity contribution is 6.00. The molecular weight excluding hydrogens is 348 g/mol. The Hall–Kier alpha value is -3.56. The first kappa shape index (κ1) is 17.3. The number of carbonyl (C=O) groups is 2. The third-order valence-corrected chi connectivity index (χ3v) is 3.79. The predicted octanol–water partition coefficient (Wildman–Crippen LogP) is -0.0784. The van der Waals surface area contributed by atoms with Gasteiger partial charge in [0.1, 0.15) is 0 Å². The predicted molar refractivity (Wildman–Crippen MR) is 89.7 cm³/mol. The Kier molecular flexibility index (Phi) is 4.03. The molecule has 10 heteroatoms. The average molecular weight is 360 g/mol. The highest BCUT2D eigenvalue weighted by atomic mass is 16.6. The van der Waals surface area contributed by atoms with E-state index in [0.717, 1.165) is 12.1 Å². The van der Waals surface area contributed by atoms with E-state index >= 15 is 0 Å². The second-order valence-corrected chi connectivity index (χ2v) is 5.23. The lowest BCUT2D eigenvalue weighted by atomic mass is 10.1. The van der Waals surface area contributed by atoms with Gasteiger partial charge in [0.25, 0.3) is 22.2 Å². The van der Waals surface area contributed by atoms with E-state index in [2.05, 4.69) is 9.47 Å². The number of nitrogens with zero attached hydrogens (tertiary/aromatic N) is 2. The molecule has 2 heterocycles. The van der Waals surface area contributed by atoms with Gasteiger partial charge in [-0.1, -0.05) is 0 Å². The number of ether oxygens (including phenoxy) is 2. The summed E-state index contributed by atoms with van der Waals surface area (Å²) in [7, 11) is 0. The van der Waals surface area contributed by atoms with E-state index in [4.69, 9.17) is 0 Å². The molecule has 0 aliphatic heterocycles. The zero-order valence-corrected chi connectivity index (χ0v) is 13.7. The molecule has 0 atom stereocenters. The Balaban J connectivity index is 2.39. The molecule has 0 N–H and O–H groups in total. The number of carbonyl (C=O) groups excluding carboxylic acids is 2. The van der Waals surface area contributed by atoms with Gasteiger partial charge < -0.3 is 9.47 Å². The fourth-order valence-corrected chi connectivity index (χ4v) is 2.68. The molecule has 134 valence electrons. The third kappa shape index (κ3) is 2.26. The Morgan fingerprint density at radius 3 is 1.19 bits per heavy atom. The monoisotopic (exact) mass is 360 g/mol. The van der Waals surface area contributed by atoms with Crippen LogP contribution < -0.4 is 22.2 Å². The molecule has 0 bridgehead atoms. The average Bonchev–Trinajstić information content (AvgIpc) is 2.98. The summed E-state index contributed by atoms with van der Waals surface area (Å²) in [5.74, 6) is 0. The Morgan fingerprint density at radius 2 is 0.962 bits per heavy atom. The lowest BCUT2D eigenvalue weighted by molar-refractivity contribution is 0.151. The maximum atomic E-state index is 12.3. The van der Waals surface area contributed by atoms with Crippen molar-refractivity contribution in [3.05, 3.63) is 53.5 Å². The lowest BCUT2D eigenvalue weighted by Gasteiger charge is -1.98. The fraction of sp³-hybridized carbons (Fsp3) is 0.250. The minimum atomic E-state index is -1.15. The molecule has 3 rings (SSSR count). The topological polar surface area (TPSA) is 131 Å². The van der Waals surface area contributed by atoms with Crippen molar-refractivity contribution in [1.82, 2.24) is 9.13 Å². The van der Waals surface area contributed by atoms with Crippen LogP contribution in [0, 0.1) is 0 Å². The first-order chi connectivity index (χ1) is 12.3. The maximum Gasteiger partial charge on any atom is 0.424 e. The molecule has 1 aromatic carbocycles. The van der Waals surface area contributed by atoms with Crippen molar-refractivity contribution in [3.63, 3.8) is 0 Å². The second-order valence-electron chi connectivity index (χ2n) is 5.23. The lowest BCUT2D eigenvalue weighted by Crippen LogP contribution is -2.33. The summed E-state index contributed by atoms with van der Waals surface area (Å²) in [4.78, 5) is 72.9. The van der Waals surface area contributed by atoms with Crippen LogP contribution in [0.4, 0.5) is 9.59 Å². The van der Waals surface area contributed by atoms with Crippen molar-refractivity contribution in [2.45, 2.75) is 13.8 Å². The van der Waals surface area contributed by atoms with Crippen molar-refractivity contribution in [2.24, 2.45) is 0 Å². The van der Waals surface area contributed by atoms with Crippen molar-refractivity contribution < 1.29 is 19.1 Å². The molecule has 0 unspecified atom stereocenters. The Morgan fingerprint density at radius 1 is 0.692 bits per heavy atom. The van der Waals surface area contributed by atoms with Gasteiger partial charge in [-0.25, -0.2) is 9.59 Å². The number of benzene rings is 1. The minimum absolute atomic E-state index is 0.0474. The van der Waals surface area contributed by atoms with Gasteiger partial charge in [0.05, 0.1) is 34.8 Å². The smallest absolute Gasteiger partial charge is 0.424 e. The van der Waals surface area contributed by atoms with E-state index in [1.165, 1.54) is 13.8 Å². The van der Waals surface area contributed by atoms with Gasteiger partial charge in [0.2, 0.25) is 0 Å². The molecule has 0 spiro atoms. The molecule has 0 aliphatic carbocycles. The van der Waals surface area contributed by atoms with E-state index in [0.29, 0.717) is 9.13 Å². The highest BCUT2D eigenvalue weighted by Gasteiger charge is 2.24. The van der Waals surface area contributed by atoms with Crippen LogP contribution in [0.25, 0.3) is 21.5 Å². The number of fused-ring (bicyclic) bond motifs is 2. The normalized spacial score (nSPS) is 11.2. The molecule has 0 amide bonds. The van der Waals surface area contributed by atoms with Crippen molar-refractivity contribution in [3.8, 4) is 0 Å². The van der Waals surface area contributed by atoms with E-state index < -0.39 is 34.4 Å². The van der Waals surface area contributed by atoms with E-state index in [1.807, 2.05) is 0 Å². The van der Waals surface area contributed by atoms with Gasteiger partial charge in [0.15, 0.2) is 0 Å². The molecule has 3 aromatic rings. The van der Waals surface area contributed by atoms with Crippen LogP contribution in [-0.4, -0.2) is 34.5 Å². The van der Waals surface area contributed by atoms with E-state index in [1.54, 1.807) is 0 Å². The summed E-state index contributed by atoms with van der Waals surface area (Å²) in [6.45, 7) is 2.92. The van der Waals surface area contributed by atoms with Crippen molar-refractivity contribution in [2.75, 3.05) is 13.2 Å². The summed E-state index contributed by atoms with van der Waals surface area (Å²) in [5.41, 5.74) is -3.88. The highest BCUT2D eigenvalue weighted by Crippen LogP contribution is 2.14. The quantitative estimate of drug-likeness (QED) is 0.620. The first-order valence-corrected chi connectivity index (χ1v) is 7.62. The van der Waals surface area contributed by atoms with Gasteiger partial charge >= 0.3 is 12.2 Å². The summed E-state index contributed by atoms with van der Waals surface area (Å²) < 4.78 is 9.90. The van der Waals surface area contributed by atoms with Gasteiger partial charge in [-0.3, -0.25) is 19.2 Å². The number of rotatable bonds is 2. The summed E-state index contributed by atoms with van der Waals surface area (Å²) in [6.07, 6.45) is -2.30. The molecule has 0 fully saturated rings. The van der Waals surface area contributed by atoms with Crippen LogP contribution in [0.1, 0.15) is 13.8 Å². The summed E-state index contributed by atoms with van der Waals surface area (Å²) >= 11 is 0.